The first-order valence-electron chi connectivity index (χ1n) is 7.74. The van der Waals surface area contributed by atoms with Gasteiger partial charge in [-0.2, -0.15) is 0 Å². The van der Waals surface area contributed by atoms with Gasteiger partial charge in [0.2, 0.25) is 11.8 Å². The molecule has 118 valence electrons. The Morgan fingerprint density at radius 3 is 2.73 bits per heavy atom. The third kappa shape index (κ3) is 3.27. The number of carbonyl (C=O) groups is 2. The Bertz CT molecular complexity index is 578. The largest absolute Gasteiger partial charge is 0.350 e. The summed E-state index contributed by atoms with van der Waals surface area (Å²) in [5.74, 6) is -0.997. The highest BCUT2D eigenvalue weighted by molar-refractivity contribution is 5.95. The Balaban J connectivity index is 1.59. The number of nitrogens with one attached hydrogen (secondary N) is 3. The van der Waals surface area contributed by atoms with Crippen LogP contribution < -0.4 is 16.0 Å². The van der Waals surface area contributed by atoms with E-state index >= 15 is 0 Å². The number of benzene rings is 1. The molecule has 3 N–H and O–H groups in total. The zero-order valence-electron chi connectivity index (χ0n) is 12.3. The minimum Gasteiger partial charge on any atom is -0.350 e. The molecule has 0 aromatic heterocycles. The van der Waals surface area contributed by atoms with E-state index in [1.807, 2.05) is 0 Å². The van der Waals surface area contributed by atoms with E-state index in [0.29, 0.717) is 0 Å². The lowest BCUT2D eigenvalue weighted by Crippen LogP contribution is -2.65. The van der Waals surface area contributed by atoms with Crippen molar-refractivity contribution in [3.05, 3.63) is 30.1 Å². The van der Waals surface area contributed by atoms with Crippen LogP contribution in [0.3, 0.4) is 0 Å². The van der Waals surface area contributed by atoms with Crippen molar-refractivity contribution in [1.82, 2.24) is 10.6 Å². The topological polar surface area (TPSA) is 70.2 Å². The number of fused-ring (bicyclic) bond motifs is 1. The molecule has 2 fully saturated rings. The summed E-state index contributed by atoms with van der Waals surface area (Å²) in [4.78, 5) is 24.1. The Hall–Kier alpha value is -1.95. The second-order valence-electron chi connectivity index (χ2n) is 5.96. The number of hydrogen-bond acceptors (Lipinski definition) is 3. The highest BCUT2D eigenvalue weighted by Crippen LogP contribution is 2.22. The van der Waals surface area contributed by atoms with Crippen molar-refractivity contribution in [3.63, 3.8) is 0 Å². The van der Waals surface area contributed by atoms with Crippen LogP contribution in [0.4, 0.5) is 10.1 Å². The van der Waals surface area contributed by atoms with Gasteiger partial charge in [-0.25, -0.2) is 4.39 Å². The number of carbonyl (C=O) groups excluding carboxylic acids is 2. The molecule has 6 heteroatoms. The molecule has 1 heterocycles. The first-order chi connectivity index (χ1) is 10.6. The molecule has 3 rings (SSSR count). The van der Waals surface area contributed by atoms with Crippen LogP contribution in [0.1, 0.15) is 32.1 Å². The number of hydrogen-bond donors (Lipinski definition) is 3. The summed E-state index contributed by atoms with van der Waals surface area (Å²) in [6.07, 6.45) is 4.26. The molecule has 0 spiro atoms. The van der Waals surface area contributed by atoms with E-state index in [0.717, 1.165) is 25.7 Å². The first-order valence-corrected chi connectivity index (χ1v) is 7.74. The van der Waals surface area contributed by atoms with Crippen LogP contribution in [0.5, 0.6) is 0 Å². The molecule has 1 saturated carbocycles. The van der Waals surface area contributed by atoms with Gasteiger partial charge in [-0.15, -0.1) is 0 Å². The summed E-state index contributed by atoms with van der Waals surface area (Å²) >= 11 is 0. The standard InChI is InChI=1S/C16H20FN3O2/c17-10-5-1-2-6-11(10)19-15(21)9-14-16(22)20-13-8-4-3-7-12(13)18-14/h1-2,5-6,12-14,18H,3-4,7-9H2,(H,19,21)(H,20,22)/t12-,13-,14+/m0/s1. The van der Waals surface area contributed by atoms with Gasteiger partial charge < -0.3 is 16.0 Å². The molecule has 5 nitrogen and oxygen atoms in total. The molecule has 2 aliphatic rings. The van der Waals surface area contributed by atoms with E-state index in [2.05, 4.69) is 16.0 Å². The molecular weight excluding hydrogens is 285 g/mol. The van der Waals surface area contributed by atoms with E-state index in [9.17, 15) is 14.0 Å². The maximum atomic E-state index is 13.5. The third-order valence-corrected chi connectivity index (χ3v) is 4.36. The van der Waals surface area contributed by atoms with Gasteiger partial charge in [0.15, 0.2) is 0 Å². The normalized spacial score (nSPS) is 27.7. The quantitative estimate of drug-likeness (QED) is 0.793. The number of para-hydroxylation sites is 1. The fourth-order valence-electron chi connectivity index (χ4n) is 3.22. The highest BCUT2D eigenvalue weighted by atomic mass is 19.1. The summed E-state index contributed by atoms with van der Waals surface area (Å²) in [5, 5.41) is 8.78. The maximum absolute atomic E-state index is 13.5. The van der Waals surface area contributed by atoms with Crippen LogP contribution in [-0.4, -0.2) is 29.9 Å². The predicted molar refractivity (Wildman–Crippen MR) is 80.8 cm³/mol. The fourth-order valence-corrected chi connectivity index (χ4v) is 3.22. The molecule has 22 heavy (non-hydrogen) atoms. The Morgan fingerprint density at radius 1 is 1.23 bits per heavy atom. The van der Waals surface area contributed by atoms with Gasteiger partial charge in [0, 0.05) is 12.1 Å². The molecule has 3 atom stereocenters. The fraction of sp³-hybridized carbons (Fsp3) is 0.500. The van der Waals surface area contributed by atoms with Crippen LogP contribution in [-0.2, 0) is 9.59 Å². The number of anilines is 1. The smallest absolute Gasteiger partial charge is 0.237 e. The minimum atomic E-state index is -0.550. The van der Waals surface area contributed by atoms with Crippen molar-refractivity contribution >= 4 is 17.5 Å². The van der Waals surface area contributed by atoms with Crippen LogP contribution in [0.2, 0.25) is 0 Å². The number of rotatable bonds is 3. The Kier molecular flexibility index (Phi) is 4.38. The molecule has 1 saturated heterocycles. The van der Waals surface area contributed by atoms with Crippen LogP contribution >= 0.6 is 0 Å². The second kappa shape index (κ2) is 6.44. The van der Waals surface area contributed by atoms with Crippen molar-refractivity contribution in [1.29, 1.82) is 0 Å². The van der Waals surface area contributed by atoms with Crippen molar-refractivity contribution in [2.45, 2.75) is 50.2 Å². The molecular formula is C16H20FN3O2. The van der Waals surface area contributed by atoms with Crippen LogP contribution in [0.15, 0.2) is 24.3 Å². The van der Waals surface area contributed by atoms with Gasteiger partial charge in [-0.05, 0) is 25.0 Å². The van der Waals surface area contributed by atoms with Crippen molar-refractivity contribution in [3.8, 4) is 0 Å². The average Bonchev–Trinajstić information content (AvgIpc) is 2.50. The molecule has 1 aromatic rings. The molecule has 0 bridgehead atoms. The van der Waals surface area contributed by atoms with Gasteiger partial charge in [0.1, 0.15) is 5.82 Å². The van der Waals surface area contributed by atoms with E-state index in [4.69, 9.17) is 0 Å². The van der Waals surface area contributed by atoms with Crippen molar-refractivity contribution in [2.75, 3.05) is 5.32 Å². The van der Waals surface area contributed by atoms with Crippen LogP contribution in [0.25, 0.3) is 0 Å². The molecule has 0 unspecified atom stereocenters. The van der Waals surface area contributed by atoms with Crippen molar-refractivity contribution in [2.24, 2.45) is 0 Å². The lowest BCUT2D eigenvalue weighted by Gasteiger charge is -2.40. The van der Waals surface area contributed by atoms with E-state index < -0.39 is 11.9 Å². The van der Waals surface area contributed by atoms with Crippen molar-refractivity contribution < 1.29 is 14.0 Å². The third-order valence-electron chi connectivity index (χ3n) is 4.36. The molecule has 1 aliphatic carbocycles. The molecule has 1 aromatic carbocycles. The Morgan fingerprint density at radius 2 is 1.95 bits per heavy atom. The highest BCUT2D eigenvalue weighted by Gasteiger charge is 2.36. The second-order valence-corrected chi connectivity index (χ2v) is 5.96. The van der Waals surface area contributed by atoms with Gasteiger partial charge in [0.05, 0.1) is 18.2 Å². The zero-order valence-corrected chi connectivity index (χ0v) is 12.3. The van der Waals surface area contributed by atoms with E-state index in [1.54, 1.807) is 12.1 Å². The minimum absolute atomic E-state index is 0.00336. The lowest BCUT2D eigenvalue weighted by atomic mass is 9.87. The molecule has 1 aliphatic heterocycles. The maximum Gasteiger partial charge on any atom is 0.237 e. The predicted octanol–water partition coefficient (Wildman–Crippen LogP) is 1.55. The summed E-state index contributed by atoms with van der Waals surface area (Å²) < 4.78 is 13.5. The summed E-state index contributed by atoms with van der Waals surface area (Å²) in [6, 6.07) is 5.85. The average molecular weight is 305 g/mol. The van der Waals surface area contributed by atoms with Gasteiger partial charge in [-0.1, -0.05) is 25.0 Å². The Labute approximate surface area is 128 Å². The SMILES string of the molecule is O=C(C[C@H]1N[C@H]2CCCC[C@@H]2NC1=O)Nc1ccccc1F. The monoisotopic (exact) mass is 305 g/mol. The van der Waals surface area contributed by atoms with E-state index in [1.165, 1.54) is 12.1 Å². The summed E-state index contributed by atoms with van der Waals surface area (Å²) in [5.41, 5.74) is 0.138. The van der Waals surface area contributed by atoms with Gasteiger partial charge >= 0.3 is 0 Å². The molecule has 2 amide bonds. The summed E-state index contributed by atoms with van der Waals surface area (Å²) in [6.45, 7) is 0. The van der Waals surface area contributed by atoms with Gasteiger partial charge in [-0.3, -0.25) is 9.59 Å². The number of amides is 2. The van der Waals surface area contributed by atoms with Gasteiger partial charge in [0.25, 0.3) is 0 Å². The number of halogens is 1. The number of piperazine rings is 1. The lowest BCUT2D eigenvalue weighted by molar-refractivity contribution is -0.129. The first kappa shape index (κ1) is 15.0. The molecule has 0 radical (unpaired) electrons. The summed E-state index contributed by atoms with van der Waals surface area (Å²) in [7, 11) is 0. The zero-order chi connectivity index (χ0) is 15.5. The van der Waals surface area contributed by atoms with E-state index in [-0.39, 0.29) is 36.0 Å². The van der Waals surface area contributed by atoms with Crippen LogP contribution in [0, 0.1) is 5.82 Å².